The van der Waals surface area contributed by atoms with Gasteiger partial charge in [-0.15, -0.1) is 0 Å². The van der Waals surface area contributed by atoms with Crippen molar-refractivity contribution in [3.63, 3.8) is 0 Å². The molecule has 1 nitrogen and oxygen atoms in total. The summed E-state index contributed by atoms with van der Waals surface area (Å²) >= 11 is 0. The van der Waals surface area contributed by atoms with Gasteiger partial charge >= 0.3 is 0 Å². The number of H-pyrrole nitrogens is 1. The van der Waals surface area contributed by atoms with Crippen LogP contribution in [0.2, 0.25) is 0 Å². The van der Waals surface area contributed by atoms with Gasteiger partial charge in [-0.3, -0.25) is 0 Å². The van der Waals surface area contributed by atoms with Gasteiger partial charge in [0, 0.05) is 11.4 Å². The first kappa shape index (κ1) is 7.39. The molecule has 0 spiro atoms. The quantitative estimate of drug-likeness (QED) is 0.612. The molecule has 1 aromatic rings. The van der Waals surface area contributed by atoms with E-state index in [1.807, 2.05) is 0 Å². The van der Waals surface area contributed by atoms with Gasteiger partial charge in [-0.05, 0) is 31.4 Å². The molecule has 0 aliphatic heterocycles. The van der Waals surface area contributed by atoms with Gasteiger partial charge in [-0.2, -0.15) is 0 Å². The molecular weight excluding hydrogens is 122 g/mol. The van der Waals surface area contributed by atoms with Gasteiger partial charge in [-0.25, -0.2) is 0 Å². The van der Waals surface area contributed by atoms with Crippen molar-refractivity contribution in [1.82, 2.24) is 4.98 Å². The van der Waals surface area contributed by atoms with Crippen molar-refractivity contribution in [1.29, 1.82) is 0 Å². The Morgan fingerprint density at radius 1 is 1.30 bits per heavy atom. The van der Waals surface area contributed by atoms with E-state index in [0.717, 1.165) is 0 Å². The molecule has 0 fully saturated rings. The zero-order valence-electron chi connectivity index (χ0n) is 7.15. The molecule has 1 aromatic heterocycles. The highest BCUT2D eigenvalue weighted by Crippen LogP contribution is 2.16. The average Bonchev–Trinajstić information content (AvgIpc) is 2.13. The van der Waals surface area contributed by atoms with Gasteiger partial charge in [-0.1, -0.05) is 13.8 Å². The van der Waals surface area contributed by atoms with Gasteiger partial charge in [0.2, 0.25) is 0 Å². The van der Waals surface area contributed by atoms with Crippen LogP contribution in [0.3, 0.4) is 0 Å². The topological polar surface area (TPSA) is 15.8 Å². The molecular formula is C9H15N. The predicted octanol–water partition coefficient (Wildman–Crippen LogP) is 2.75. The average molecular weight is 137 g/mol. The highest BCUT2D eigenvalue weighted by molar-refractivity contribution is 5.24. The fourth-order valence-electron chi connectivity index (χ4n) is 1.00. The zero-order chi connectivity index (χ0) is 7.72. The van der Waals surface area contributed by atoms with Crippen molar-refractivity contribution in [2.75, 3.05) is 0 Å². The minimum absolute atomic E-state index is 0.618. The monoisotopic (exact) mass is 137 g/mol. The second kappa shape index (κ2) is 2.49. The third kappa shape index (κ3) is 1.23. The van der Waals surface area contributed by atoms with Gasteiger partial charge in [0.25, 0.3) is 0 Å². The van der Waals surface area contributed by atoms with Crippen molar-refractivity contribution < 1.29 is 0 Å². The fraction of sp³-hybridized carbons (Fsp3) is 0.556. The van der Waals surface area contributed by atoms with Crippen LogP contribution in [0.5, 0.6) is 0 Å². The first-order valence-corrected chi connectivity index (χ1v) is 3.77. The first-order chi connectivity index (χ1) is 4.61. The van der Waals surface area contributed by atoms with E-state index in [0.29, 0.717) is 5.92 Å². The standard InChI is InChI=1S/C9H15N/c1-6(2)9-5-7(3)8(4)10-9/h5-6,10H,1-4H3. The van der Waals surface area contributed by atoms with Crippen LogP contribution in [0.4, 0.5) is 0 Å². The molecule has 0 aliphatic carbocycles. The Morgan fingerprint density at radius 2 is 1.90 bits per heavy atom. The Morgan fingerprint density at radius 3 is 2.10 bits per heavy atom. The largest absolute Gasteiger partial charge is 0.362 e. The minimum atomic E-state index is 0.618. The van der Waals surface area contributed by atoms with Crippen LogP contribution in [-0.4, -0.2) is 4.98 Å². The summed E-state index contributed by atoms with van der Waals surface area (Å²) in [5, 5.41) is 0. The van der Waals surface area contributed by atoms with Crippen LogP contribution in [0.1, 0.15) is 36.7 Å². The van der Waals surface area contributed by atoms with E-state index in [1.165, 1.54) is 17.0 Å². The summed E-state index contributed by atoms with van der Waals surface area (Å²) in [4.78, 5) is 3.34. The van der Waals surface area contributed by atoms with Crippen LogP contribution < -0.4 is 0 Å². The Balaban J connectivity index is 2.98. The summed E-state index contributed by atoms with van der Waals surface area (Å²) in [5.74, 6) is 0.618. The number of hydrogen-bond donors (Lipinski definition) is 1. The molecule has 0 atom stereocenters. The van der Waals surface area contributed by atoms with E-state index < -0.39 is 0 Å². The lowest BCUT2D eigenvalue weighted by Crippen LogP contribution is -1.85. The molecule has 0 saturated heterocycles. The second-order valence-electron chi connectivity index (χ2n) is 3.19. The highest BCUT2D eigenvalue weighted by atomic mass is 14.7. The van der Waals surface area contributed by atoms with E-state index in [1.54, 1.807) is 0 Å². The van der Waals surface area contributed by atoms with Crippen molar-refractivity contribution in [3.8, 4) is 0 Å². The first-order valence-electron chi connectivity index (χ1n) is 3.77. The van der Waals surface area contributed by atoms with Crippen LogP contribution in [-0.2, 0) is 0 Å². The lowest BCUT2D eigenvalue weighted by molar-refractivity contribution is 0.829. The number of aromatic amines is 1. The summed E-state index contributed by atoms with van der Waals surface area (Å²) in [6, 6.07) is 2.22. The normalized spacial score (nSPS) is 10.9. The summed E-state index contributed by atoms with van der Waals surface area (Å²) in [6.07, 6.45) is 0. The molecule has 0 unspecified atom stereocenters. The number of rotatable bonds is 1. The fourth-order valence-corrected chi connectivity index (χ4v) is 1.00. The molecule has 0 amide bonds. The molecule has 56 valence electrons. The van der Waals surface area contributed by atoms with Crippen LogP contribution in [0, 0.1) is 13.8 Å². The molecule has 1 heterocycles. The molecule has 1 heteroatoms. The van der Waals surface area contributed by atoms with Crippen LogP contribution in [0.25, 0.3) is 0 Å². The number of hydrogen-bond acceptors (Lipinski definition) is 0. The maximum atomic E-state index is 3.34. The van der Waals surface area contributed by atoms with Crippen molar-refractivity contribution in [3.05, 3.63) is 23.0 Å². The Labute approximate surface area is 62.5 Å². The molecule has 0 aliphatic rings. The summed E-state index contributed by atoms with van der Waals surface area (Å²) in [6.45, 7) is 8.65. The van der Waals surface area contributed by atoms with Gasteiger partial charge in [0.1, 0.15) is 0 Å². The Kier molecular flexibility index (Phi) is 1.84. The van der Waals surface area contributed by atoms with Gasteiger partial charge in [0.05, 0.1) is 0 Å². The Bertz CT molecular complexity index is 201. The molecule has 0 bridgehead atoms. The van der Waals surface area contributed by atoms with Crippen molar-refractivity contribution in [2.24, 2.45) is 0 Å². The maximum Gasteiger partial charge on any atom is 0.0177 e. The molecule has 0 aromatic carbocycles. The number of aromatic nitrogens is 1. The van der Waals surface area contributed by atoms with Gasteiger partial charge < -0.3 is 4.98 Å². The Hall–Kier alpha value is -0.720. The van der Waals surface area contributed by atoms with E-state index in [4.69, 9.17) is 0 Å². The number of aryl methyl sites for hydroxylation is 2. The zero-order valence-corrected chi connectivity index (χ0v) is 7.15. The minimum Gasteiger partial charge on any atom is -0.362 e. The van der Waals surface area contributed by atoms with E-state index in [-0.39, 0.29) is 0 Å². The molecule has 0 radical (unpaired) electrons. The van der Waals surface area contributed by atoms with Crippen LogP contribution >= 0.6 is 0 Å². The third-order valence-corrected chi connectivity index (χ3v) is 1.92. The van der Waals surface area contributed by atoms with Crippen molar-refractivity contribution >= 4 is 0 Å². The van der Waals surface area contributed by atoms with E-state index >= 15 is 0 Å². The lowest BCUT2D eigenvalue weighted by atomic mass is 10.1. The van der Waals surface area contributed by atoms with E-state index in [9.17, 15) is 0 Å². The summed E-state index contributed by atoms with van der Waals surface area (Å²) in [5.41, 5.74) is 4.00. The molecule has 10 heavy (non-hydrogen) atoms. The van der Waals surface area contributed by atoms with Crippen LogP contribution in [0.15, 0.2) is 6.07 Å². The van der Waals surface area contributed by atoms with E-state index in [2.05, 4.69) is 38.7 Å². The van der Waals surface area contributed by atoms with Crippen molar-refractivity contribution in [2.45, 2.75) is 33.6 Å². The molecule has 0 saturated carbocycles. The maximum absolute atomic E-state index is 3.34. The number of nitrogens with one attached hydrogen (secondary N) is 1. The van der Waals surface area contributed by atoms with Gasteiger partial charge in [0.15, 0.2) is 0 Å². The SMILES string of the molecule is Cc1cc(C(C)C)[nH]c1C. The molecule has 1 rings (SSSR count). The predicted molar refractivity (Wildman–Crippen MR) is 44.4 cm³/mol. The second-order valence-corrected chi connectivity index (χ2v) is 3.19. The molecule has 1 N–H and O–H groups in total. The third-order valence-electron chi connectivity index (χ3n) is 1.92. The lowest BCUT2D eigenvalue weighted by Gasteiger charge is -1.98. The summed E-state index contributed by atoms with van der Waals surface area (Å²) in [7, 11) is 0. The highest BCUT2D eigenvalue weighted by Gasteiger charge is 2.02. The smallest absolute Gasteiger partial charge is 0.0177 e. The summed E-state index contributed by atoms with van der Waals surface area (Å²) < 4.78 is 0.